The van der Waals surface area contributed by atoms with E-state index in [1.54, 1.807) is 10.9 Å². The van der Waals surface area contributed by atoms with Crippen molar-refractivity contribution >= 4 is 5.91 Å². The Morgan fingerprint density at radius 1 is 1.19 bits per heavy atom. The smallest absolute Gasteiger partial charge is 0.276 e. The topological polar surface area (TPSA) is 60.3 Å². The Morgan fingerprint density at radius 3 is 2.67 bits per heavy atom. The first-order valence-electron chi connectivity index (χ1n) is 8.14. The van der Waals surface area contributed by atoms with Gasteiger partial charge in [0.15, 0.2) is 5.69 Å². The Labute approximate surface area is 125 Å². The molecule has 1 aromatic heterocycles. The van der Waals surface area contributed by atoms with Crippen LogP contribution in [0.5, 0.6) is 0 Å². The van der Waals surface area contributed by atoms with Gasteiger partial charge < -0.3 is 9.64 Å². The SMILES string of the molecule is O=C(c1cn(CC2CCCO2)nn1)N1CCCCCCC1. The van der Waals surface area contributed by atoms with Gasteiger partial charge in [0.2, 0.25) is 0 Å². The zero-order valence-corrected chi connectivity index (χ0v) is 12.5. The second-order valence-electron chi connectivity index (χ2n) is 6.02. The number of nitrogens with zero attached hydrogens (tertiary/aromatic N) is 4. The lowest BCUT2D eigenvalue weighted by Gasteiger charge is -2.23. The minimum atomic E-state index is 0.0236. The molecule has 1 unspecified atom stereocenters. The van der Waals surface area contributed by atoms with E-state index in [-0.39, 0.29) is 12.0 Å². The van der Waals surface area contributed by atoms with Crippen LogP contribution in [0, 0.1) is 0 Å². The van der Waals surface area contributed by atoms with Crippen molar-refractivity contribution in [1.82, 2.24) is 19.9 Å². The van der Waals surface area contributed by atoms with Gasteiger partial charge in [-0.2, -0.15) is 0 Å². The van der Waals surface area contributed by atoms with Crippen LogP contribution in [-0.2, 0) is 11.3 Å². The molecule has 0 spiro atoms. The molecule has 0 N–H and O–H groups in total. The van der Waals surface area contributed by atoms with E-state index in [9.17, 15) is 4.79 Å². The monoisotopic (exact) mass is 292 g/mol. The van der Waals surface area contributed by atoms with Crippen LogP contribution in [0.1, 0.15) is 55.4 Å². The fourth-order valence-corrected chi connectivity index (χ4v) is 3.10. The van der Waals surface area contributed by atoms with Crippen molar-refractivity contribution < 1.29 is 9.53 Å². The third-order valence-corrected chi connectivity index (χ3v) is 4.32. The van der Waals surface area contributed by atoms with Crippen LogP contribution in [0.15, 0.2) is 6.20 Å². The Kier molecular flexibility index (Phi) is 4.85. The maximum atomic E-state index is 12.5. The highest BCUT2D eigenvalue weighted by molar-refractivity contribution is 5.91. The van der Waals surface area contributed by atoms with E-state index in [2.05, 4.69) is 10.3 Å². The number of carbonyl (C=O) groups excluding carboxylic acids is 1. The van der Waals surface area contributed by atoms with Crippen molar-refractivity contribution in [3.05, 3.63) is 11.9 Å². The van der Waals surface area contributed by atoms with Gasteiger partial charge in [-0.15, -0.1) is 5.10 Å². The molecule has 0 aliphatic carbocycles. The number of aromatic nitrogens is 3. The summed E-state index contributed by atoms with van der Waals surface area (Å²) in [5.74, 6) is 0.0236. The maximum absolute atomic E-state index is 12.5. The molecule has 2 aliphatic heterocycles. The maximum Gasteiger partial charge on any atom is 0.276 e. The molecule has 0 bridgehead atoms. The summed E-state index contributed by atoms with van der Waals surface area (Å²) >= 11 is 0. The van der Waals surface area contributed by atoms with E-state index in [0.717, 1.165) is 45.4 Å². The van der Waals surface area contributed by atoms with E-state index in [1.807, 2.05) is 4.90 Å². The van der Waals surface area contributed by atoms with Crippen LogP contribution in [0.2, 0.25) is 0 Å². The quantitative estimate of drug-likeness (QED) is 0.853. The summed E-state index contributed by atoms with van der Waals surface area (Å²) in [5.41, 5.74) is 0.466. The van der Waals surface area contributed by atoms with E-state index < -0.39 is 0 Å². The molecule has 1 aromatic rings. The highest BCUT2D eigenvalue weighted by Gasteiger charge is 2.21. The Morgan fingerprint density at radius 2 is 1.95 bits per heavy atom. The van der Waals surface area contributed by atoms with Crippen molar-refractivity contribution in [3.63, 3.8) is 0 Å². The summed E-state index contributed by atoms with van der Waals surface area (Å²) in [5, 5.41) is 8.13. The second kappa shape index (κ2) is 7.02. The normalized spacial score (nSPS) is 23.8. The number of hydrogen-bond donors (Lipinski definition) is 0. The van der Waals surface area contributed by atoms with Gasteiger partial charge in [-0.05, 0) is 25.7 Å². The Bertz CT molecular complexity index is 460. The zero-order valence-electron chi connectivity index (χ0n) is 12.5. The van der Waals surface area contributed by atoms with Gasteiger partial charge in [0.1, 0.15) is 0 Å². The average molecular weight is 292 g/mol. The highest BCUT2D eigenvalue weighted by Crippen LogP contribution is 2.15. The Balaban J connectivity index is 1.59. The van der Waals surface area contributed by atoms with E-state index >= 15 is 0 Å². The first-order valence-corrected chi connectivity index (χ1v) is 8.14. The number of hydrogen-bond acceptors (Lipinski definition) is 4. The molecular formula is C15H24N4O2. The molecule has 3 heterocycles. The minimum Gasteiger partial charge on any atom is -0.376 e. The van der Waals surface area contributed by atoms with Gasteiger partial charge >= 0.3 is 0 Å². The number of amides is 1. The second-order valence-corrected chi connectivity index (χ2v) is 6.02. The van der Waals surface area contributed by atoms with Gasteiger partial charge in [-0.3, -0.25) is 4.79 Å². The largest absolute Gasteiger partial charge is 0.376 e. The molecule has 0 radical (unpaired) electrons. The van der Waals surface area contributed by atoms with Crippen LogP contribution < -0.4 is 0 Å². The van der Waals surface area contributed by atoms with E-state index in [4.69, 9.17) is 4.74 Å². The van der Waals surface area contributed by atoms with Crippen LogP contribution in [0.25, 0.3) is 0 Å². The summed E-state index contributed by atoms with van der Waals surface area (Å²) in [4.78, 5) is 14.4. The van der Waals surface area contributed by atoms with Crippen molar-refractivity contribution in [2.45, 2.75) is 57.6 Å². The number of carbonyl (C=O) groups is 1. The van der Waals surface area contributed by atoms with Gasteiger partial charge in [-0.1, -0.05) is 24.5 Å². The van der Waals surface area contributed by atoms with Gasteiger partial charge in [-0.25, -0.2) is 4.68 Å². The van der Waals surface area contributed by atoms with Crippen molar-refractivity contribution in [2.75, 3.05) is 19.7 Å². The molecule has 2 fully saturated rings. The Hall–Kier alpha value is -1.43. The summed E-state index contributed by atoms with van der Waals surface area (Å²) in [6.07, 6.45) is 10.1. The van der Waals surface area contributed by atoms with Crippen LogP contribution in [0.3, 0.4) is 0 Å². The molecule has 0 saturated carbocycles. The van der Waals surface area contributed by atoms with Crippen molar-refractivity contribution in [2.24, 2.45) is 0 Å². The molecule has 0 aromatic carbocycles. The average Bonchev–Trinajstić information content (AvgIpc) is 3.10. The number of ether oxygens (including phenoxy) is 1. The van der Waals surface area contributed by atoms with Crippen LogP contribution in [0.4, 0.5) is 0 Å². The van der Waals surface area contributed by atoms with E-state index in [0.29, 0.717) is 12.2 Å². The number of likely N-dealkylation sites (tertiary alicyclic amines) is 1. The fourth-order valence-electron chi connectivity index (χ4n) is 3.10. The standard InChI is InChI=1S/C15H24N4O2/c20-15(18-8-4-2-1-3-5-9-18)14-12-19(17-16-14)11-13-7-6-10-21-13/h12-13H,1-11H2. The van der Waals surface area contributed by atoms with Gasteiger partial charge in [0.25, 0.3) is 5.91 Å². The van der Waals surface area contributed by atoms with E-state index in [1.165, 1.54) is 19.3 Å². The lowest BCUT2D eigenvalue weighted by molar-refractivity contribution is 0.0736. The molecule has 1 atom stereocenters. The molecule has 6 nitrogen and oxygen atoms in total. The predicted molar refractivity (Wildman–Crippen MR) is 78.0 cm³/mol. The summed E-state index contributed by atoms with van der Waals surface area (Å²) in [6.45, 7) is 3.22. The summed E-state index contributed by atoms with van der Waals surface area (Å²) in [6, 6.07) is 0. The fraction of sp³-hybridized carbons (Fsp3) is 0.800. The first kappa shape index (κ1) is 14.5. The minimum absolute atomic E-state index is 0.0236. The molecule has 21 heavy (non-hydrogen) atoms. The molecule has 6 heteroatoms. The van der Waals surface area contributed by atoms with Gasteiger partial charge in [0.05, 0.1) is 18.8 Å². The highest BCUT2D eigenvalue weighted by atomic mass is 16.5. The molecule has 2 aliphatic rings. The number of rotatable bonds is 3. The molecule has 1 amide bonds. The van der Waals surface area contributed by atoms with Gasteiger partial charge in [0, 0.05) is 19.7 Å². The lowest BCUT2D eigenvalue weighted by Crippen LogP contribution is -2.34. The summed E-state index contributed by atoms with van der Waals surface area (Å²) in [7, 11) is 0. The molecule has 3 rings (SSSR count). The lowest BCUT2D eigenvalue weighted by atomic mass is 10.1. The van der Waals surface area contributed by atoms with Crippen LogP contribution in [-0.4, -0.2) is 51.6 Å². The first-order chi connectivity index (χ1) is 10.3. The molecular weight excluding hydrogens is 268 g/mol. The molecule has 2 saturated heterocycles. The van der Waals surface area contributed by atoms with Crippen molar-refractivity contribution in [3.8, 4) is 0 Å². The third-order valence-electron chi connectivity index (χ3n) is 4.32. The zero-order chi connectivity index (χ0) is 14.5. The van der Waals surface area contributed by atoms with Crippen molar-refractivity contribution in [1.29, 1.82) is 0 Å². The third kappa shape index (κ3) is 3.81. The predicted octanol–water partition coefficient (Wildman–Crippen LogP) is 1.86. The molecule has 116 valence electrons. The van der Waals surface area contributed by atoms with Crippen LogP contribution >= 0.6 is 0 Å². The summed E-state index contributed by atoms with van der Waals surface area (Å²) < 4.78 is 7.33.